The Balaban J connectivity index is 1.88. The molecule has 20 heavy (non-hydrogen) atoms. The quantitative estimate of drug-likeness (QED) is 0.584. The molecule has 7 heteroatoms. The highest BCUT2D eigenvalue weighted by Gasteiger charge is 2.44. The lowest BCUT2D eigenvalue weighted by molar-refractivity contribution is -0.141. The van der Waals surface area contributed by atoms with Crippen LogP contribution in [0, 0.1) is 5.41 Å². The number of ether oxygens (including phenoxy) is 2. The lowest BCUT2D eigenvalue weighted by Gasteiger charge is -2.12. The summed E-state index contributed by atoms with van der Waals surface area (Å²) in [4.78, 5) is 30.7. The summed E-state index contributed by atoms with van der Waals surface area (Å²) in [7, 11) is 2.71. The van der Waals surface area contributed by atoms with Gasteiger partial charge in [0.15, 0.2) is 5.69 Å². The maximum Gasteiger partial charge on any atom is 0.358 e. The average molecular weight is 296 g/mol. The molecule has 0 aromatic carbocycles. The van der Waals surface area contributed by atoms with Crippen LogP contribution in [-0.4, -0.2) is 41.9 Å². The third-order valence-corrected chi connectivity index (χ3v) is 4.52. The molecule has 2 rings (SSSR count). The molecule has 0 spiro atoms. The Bertz CT molecular complexity index is 500. The summed E-state index contributed by atoms with van der Waals surface area (Å²) >= 11 is 1.54. The number of hydrogen-bond acceptors (Lipinski definition) is 7. The summed E-state index contributed by atoms with van der Waals surface area (Å²) in [6.07, 6.45) is 5.45. The fourth-order valence-corrected chi connectivity index (χ4v) is 2.85. The summed E-state index contributed by atoms with van der Waals surface area (Å²) in [5.41, 5.74) is 0.230. The number of esters is 2. The number of aromatic nitrogens is 2. The standard InChI is InChI=1S/C13H16N2O4S/c1-18-11(16)5-13(3-4-13)8-20-10-7-14-9(6-15-10)12(17)19-2/h6-7H,3-5,8H2,1-2H3. The van der Waals surface area contributed by atoms with E-state index in [1.54, 1.807) is 6.20 Å². The Hall–Kier alpha value is -1.63. The van der Waals surface area contributed by atoms with Crippen molar-refractivity contribution < 1.29 is 19.1 Å². The fourth-order valence-electron chi connectivity index (χ4n) is 1.76. The van der Waals surface area contributed by atoms with Crippen LogP contribution in [0.25, 0.3) is 0 Å². The SMILES string of the molecule is COC(=O)CC1(CSc2cnc(C(=O)OC)cn2)CC1. The largest absolute Gasteiger partial charge is 0.469 e. The van der Waals surface area contributed by atoms with Gasteiger partial charge in [-0.25, -0.2) is 14.8 Å². The first-order valence-electron chi connectivity index (χ1n) is 6.18. The van der Waals surface area contributed by atoms with Crippen molar-refractivity contribution in [3.63, 3.8) is 0 Å². The molecule has 1 aromatic rings. The maximum atomic E-state index is 11.3. The smallest absolute Gasteiger partial charge is 0.358 e. The number of hydrogen-bond donors (Lipinski definition) is 0. The second-order valence-corrected chi connectivity index (χ2v) is 5.77. The number of methoxy groups -OCH3 is 2. The van der Waals surface area contributed by atoms with E-state index in [1.165, 1.54) is 32.2 Å². The minimum atomic E-state index is -0.501. The van der Waals surface area contributed by atoms with Gasteiger partial charge in [-0.3, -0.25) is 4.79 Å². The van der Waals surface area contributed by atoms with Crippen molar-refractivity contribution in [3.05, 3.63) is 18.1 Å². The topological polar surface area (TPSA) is 78.4 Å². The van der Waals surface area contributed by atoms with Crippen LogP contribution in [0.15, 0.2) is 17.4 Å². The minimum Gasteiger partial charge on any atom is -0.469 e. The normalized spacial score (nSPS) is 15.5. The molecule has 0 saturated heterocycles. The molecule has 0 bridgehead atoms. The predicted octanol–water partition coefficient (Wildman–Crippen LogP) is 1.70. The van der Waals surface area contributed by atoms with Gasteiger partial charge in [0.25, 0.3) is 0 Å². The second-order valence-electron chi connectivity index (χ2n) is 4.77. The zero-order valence-corrected chi connectivity index (χ0v) is 12.2. The molecular weight excluding hydrogens is 280 g/mol. The van der Waals surface area contributed by atoms with E-state index < -0.39 is 5.97 Å². The van der Waals surface area contributed by atoms with Gasteiger partial charge in [-0.1, -0.05) is 0 Å². The van der Waals surface area contributed by atoms with Crippen LogP contribution >= 0.6 is 11.8 Å². The van der Waals surface area contributed by atoms with Gasteiger partial charge in [-0.05, 0) is 18.3 Å². The van der Waals surface area contributed by atoms with E-state index in [-0.39, 0.29) is 17.1 Å². The van der Waals surface area contributed by atoms with E-state index in [2.05, 4.69) is 14.7 Å². The Morgan fingerprint density at radius 3 is 2.50 bits per heavy atom. The first-order chi connectivity index (χ1) is 9.58. The van der Waals surface area contributed by atoms with Crippen LogP contribution in [0.5, 0.6) is 0 Å². The second kappa shape index (κ2) is 6.21. The van der Waals surface area contributed by atoms with Gasteiger partial charge < -0.3 is 9.47 Å². The molecule has 1 fully saturated rings. The molecule has 1 aliphatic rings. The van der Waals surface area contributed by atoms with Crippen molar-refractivity contribution in [1.29, 1.82) is 0 Å². The molecule has 0 unspecified atom stereocenters. The van der Waals surface area contributed by atoms with Crippen LogP contribution in [0.3, 0.4) is 0 Å². The summed E-state index contributed by atoms with van der Waals surface area (Å²) < 4.78 is 9.26. The summed E-state index contributed by atoms with van der Waals surface area (Å²) in [6.45, 7) is 0. The molecule has 1 aliphatic carbocycles. The van der Waals surface area contributed by atoms with Crippen molar-refractivity contribution in [3.8, 4) is 0 Å². The van der Waals surface area contributed by atoms with E-state index in [1.807, 2.05) is 0 Å². The van der Waals surface area contributed by atoms with Gasteiger partial charge in [-0.2, -0.15) is 0 Å². The van der Waals surface area contributed by atoms with Gasteiger partial charge in [0.1, 0.15) is 5.03 Å². The van der Waals surface area contributed by atoms with E-state index in [4.69, 9.17) is 4.74 Å². The van der Waals surface area contributed by atoms with Gasteiger partial charge in [0.2, 0.25) is 0 Å². The highest BCUT2D eigenvalue weighted by molar-refractivity contribution is 7.99. The Morgan fingerprint density at radius 1 is 1.25 bits per heavy atom. The van der Waals surface area contributed by atoms with Crippen molar-refractivity contribution in [1.82, 2.24) is 9.97 Å². The first-order valence-corrected chi connectivity index (χ1v) is 7.17. The van der Waals surface area contributed by atoms with E-state index in [9.17, 15) is 9.59 Å². The van der Waals surface area contributed by atoms with E-state index in [0.29, 0.717) is 6.42 Å². The molecule has 6 nitrogen and oxygen atoms in total. The van der Waals surface area contributed by atoms with Crippen molar-refractivity contribution >= 4 is 23.7 Å². The molecule has 108 valence electrons. The van der Waals surface area contributed by atoms with Crippen LogP contribution < -0.4 is 0 Å². The molecule has 0 N–H and O–H groups in total. The van der Waals surface area contributed by atoms with Gasteiger partial charge in [-0.15, -0.1) is 11.8 Å². The Morgan fingerprint density at radius 2 is 2.00 bits per heavy atom. The monoisotopic (exact) mass is 296 g/mol. The zero-order valence-electron chi connectivity index (χ0n) is 11.4. The molecule has 1 aromatic heterocycles. The number of nitrogens with zero attached hydrogens (tertiary/aromatic N) is 2. The third kappa shape index (κ3) is 3.69. The number of carbonyl (C=O) groups is 2. The summed E-state index contributed by atoms with van der Waals surface area (Å²) in [6, 6.07) is 0. The number of carbonyl (C=O) groups excluding carboxylic acids is 2. The molecule has 1 heterocycles. The van der Waals surface area contributed by atoms with Gasteiger partial charge in [0.05, 0.1) is 33.0 Å². The zero-order chi connectivity index (χ0) is 14.6. The number of thioether (sulfide) groups is 1. The number of rotatable bonds is 6. The summed E-state index contributed by atoms with van der Waals surface area (Å²) in [5, 5.41) is 0.730. The molecule has 1 saturated carbocycles. The average Bonchev–Trinajstić information content (AvgIpc) is 3.24. The van der Waals surface area contributed by atoms with Crippen LogP contribution in [0.2, 0.25) is 0 Å². The van der Waals surface area contributed by atoms with Crippen LogP contribution in [0.4, 0.5) is 0 Å². The Labute approximate surface area is 121 Å². The maximum absolute atomic E-state index is 11.3. The van der Waals surface area contributed by atoms with E-state index in [0.717, 1.165) is 23.6 Å². The van der Waals surface area contributed by atoms with Crippen molar-refractivity contribution in [2.45, 2.75) is 24.3 Å². The molecule has 0 atom stereocenters. The Kier molecular flexibility index (Phi) is 4.59. The van der Waals surface area contributed by atoms with Crippen molar-refractivity contribution in [2.24, 2.45) is 5.41 Å². The highest BCUT2D eigenvalue weighted by atomic mass is 32.2. The van der Waals surface area contributed by atoms with Gasteiger partial charge >= 0.3 is 11.9 Å². The van der Waals surface area contributed by atoms with Gasteiger partial charge in [0, 0.05) is 5.75 Å². The van der Waals surface area contributed by atoms with Crippen molar-refractivity contribution in [2.75, 3.05) is 20.0 Å². The summed E-state index contributed by atoms with van der Waals surface area (Å²) in [5.74, 6) is 0.127. The lowest BCUT2D eigenvalue weighted by atomic mass is 10.1. The highest BCUT2D eigenvalue weighted by Crippen LogP contribution is 2.51. The molecule has 0 amide bonds. The fraction of sp³-hybridized carbons (Fsp3) is 0.538. The predicted molar refractivity (Wildman–Crippen MR) is 72.4 cm³/mol. The molecular formula is C13H16N2O4S. The minimum absolute atomic E-state index is 0.0421. The first kappa shape index (κ1) is 14.8. The van der Waals surface area contributed by atoms with E-state index >= 15 is 0 Å². The third-order valence-electron chi connectivity index (χ3n) is 3.25. The van der Waals surface area contributed by atoms with Crippen LogP contribution in [0.1, 0.15) is 29.8 Å². The van der Waals surface area contributed by atoms with Crippen LogP contribution in [-0.2, 0) is 14.3 Å². The molecule has 0 radical (unpaired) electrons. The lowest BCUT2D eigenvalue weighted by Crippen LogP contribution is -2.13. The molecule has 0 aliphatic heterocycles.